The van der Waals surface area contributed by atoms with Gasteiger partial charge >= 0.3 is 5.97 Å². The number of ether oxygens (including phenoxy) is 4. The maximum atomic E-state index is 10.9. The summed E-state index contributed by atoms with van der Waals surface area (Å²) in [4.78, 5) is 10.9. The van der Waals surface area contributed by atoms with Crippen molar-refractivity contribution in [1.82, 2.24) is 0 Å². The van der Waals surface area contributed by atoms with Gasteiger partial charge in [0.1, 0.15) is 55.9 Å². The van der Waals surface area contributed by atoms with Gasteiger partial charge in [-0.25, -0.2) is 0 Å². The number of carbonyl (C=O) groups excluding carboxylic acids is 1. The minimum Gasteiger partial charge on any atom is -0.463 e. The van der Waals surface area contributed by atoms with Gasteiger partial charge in [0.2, 0.25) is 5.79 Å². The van der Waals surface area contributed by atoms with Crippen molar-refractivity contribution >= 4 is 5.97 Å². The second kappa shape index (κ2) is 8.39. The zero-order chi connectivity index (χ0) is 19.6. The molecule has 26 heavy (non-hydrogen) atoms. The molecule has 0 radical (unpaired) electrons. The number of hydrogen-bond acceptors (Lipinski definition) is 12. The summed E-state index contributed by atoms with van der Waals surface area (Å²) in [6.07, 6.45) is -12.9. The highest BCUT2D eigenvalue weighted by molar-refractivity contribution is 5.65. The van der Waals surface area contributed by atoms with Gasteiger partial charge in [-0.1, -0.05) is 0 Å². The third kappa shape index (κ3) is 3.99. The number of carbonyl (C=O) groups is 1. The minimum absolute atomic E-state index is 0.461. The van der Waals surface area contributed by atoms with Crippen LogP contribution in [0.4, 0.5) is 0 Å². The van der Waals surface area contributed by atoms with Gasteiger partial charge in [0, 0.05) is 6.92 Å². The molecule has 2 rings (SSSR count). The average Bonchev–Trinajstić information content (AvgIpc) is 2.86. The van der Waals surface area contributed by atoms with Crippen molar-refractivity contribution in [3.63, 3.8) is 0 Å². The lowest BCUT2D eigenvalue weighted by atomic mass is 9.99. The van der Waals surface area contributed by atoms with Crippen LogP contribution >= 0.6 is 0 Å². The second-order valence-electron chi connectivity index (χ2n) is 6.18. The van der Waals surface area contributed by atoms with E-state index < -0.39 is 80.6 Å². The van der Waals surface area contributed by atoms with Crippen molar-refractivity contribution in [2.75, 3.05) is 19.8 Å². The zero-order valence-electron chi connectivity index (χ0n) is 13.9. The van der Waals surface area contributed by atoms with Crippen LogP contribution in [0.5, 0.6) is 0 Å². The van der Waals surface area contributed by atoms with Gasteiger partial charge in [-0.3, -0.25) is 4.79 Å². The van der Waals surface area contributed by atoms with Crippen LogP contribution < -0.4 is 0 Å². The van der Waals surface area contributed by atoms with E-state index >= 15 is 0 Å². The van der Waals surface area contributed by atoms with Crippen LogP contribution in [0.2, 0.25) is 0 Å². The first-order valence-corrected chi connectivity index (χ1v) is 7.93. The topological polar surface area (TPSA) is 196 Å². The van der Waals surface area contributed by atoms with Gasteiger partial charge in [0.25, 0.3) is 0 Å². The molecule has 0 amide bonds. The molecular formula is C14H24O12. The lowest BCUT2D eigenvalue weighted by molar-refractivity contribution is -0.383. The Bertz CT molecular complexity index is 489. The number of aliphatic hydroxyl groups excluding tert-OH is 7. The highest BCUT2D eigenvalue weighted by Crippen LogP contribution is 2.35. The average molecular weight is 384 g/mol. The maximum absolute atomic E-state index is 10.9. The zero-order valence-corrected chi connectivity index (χ0v) is 13.9. The van der Waals surface area contributed by atoms with Gasteiger partial charge in [-0.05, 0) is 0 Å². The molecule has 0 bridgehead atoms. The molecule has 0 aromatic carbocycles. The fraction of sp³-hybridized carbons (Fsp3) is 0.929. The quantitative estimate of drug-likeness (QED) is 0.216. The molecule has 2 fully saturated rings. The minimum atomic E-state index is -2.26. The van der Waals surface area contributed by atoms with Gasteiger partial charge < -0.3 is 54.7 Å². The highest BCUT2D eigenvalue weighted by atomic mass is 16.8. The third-order valence-corrected chi connectivity index (χ3v) is 4.34. The summed E-state index contributed by atoms with van der Waals surface area (Å²) in [5.41, 5.74) is 0. The Kier molecular flexibility index (Phi) is 6.90. The number of esters is 1. The van der Waals surface area contributed by atoms with Crippen LogP contribution in [0.25, 0.3) is 0 Å². The molecule has 2 aliphatic rings. The van der Waals surface area contributed by atoms with Crippen molar-refractivity contribution in [1.29, 1.82) is 0 Å². The Labute approximate surface area is 148 Å². The van der Waals surface area contributed by atoms with Crippen LogP contribution in [-0.4, -0.2) is 116 Å². The molecule has 9 atom stereocenters. The SMILES string of the molecule is CC(=O)OC[C@H]1O[C@H](O[C@]2(CO)O[C@H](CO)[C@@H](O)[C@@H]2O)[C@H](O)[C@@H](O)[C@@H]1O. The summed E-state index contributed by atoms with van der Waals surface area (Å²) in [5, 5.41) is 68.6. The Morgan fingerprint density at radius 2 is 1.65 bits per heavy atom. The van der Waals surface area contributed by atoms with Gasteiger partial charge in [-0.15, -0.1) is 0 Å². The largest absolute Gasteiger partial charge is 0.463 e. The second-order valence-corrected chi connectivity index (χ2v) is 6.18. The summed E-state index contributed by atoms with van der Waals surface area (Å²) in [6.45, 7) is -1.01. The van der Waals surface area contributed by atoms with E-state index in [2.05, 4.69) is 0 Å². The van der Waals surface area contributed by atoms with E-state index in [1.54, 1.807) is 0 Å². The van der Waals surface area contributed by atoms with Crippen LogP contribution in [0.1, 0.15) is 6.92 Å². The monoisotopic (exact) mass is 384 g/mol. The van der Waals surface area contributed by atoms with Crippen molar-refractivity contribution < 1.29 is 59.5 Å². The Balaban J connectivity index is 2.16. The molecule has 12 nitrogen and oxygen atoms in total. The molecule has 0 spiro atoms. The molecule has 2 aliphatic heterocycles. The van der Waals surface area contributed by atoms with Crippen LogP contribution in [0, 0.1) is 0 Å². The lowest BCUT2D eigenvalue weighted by Gasteiger charge is -2.43. The molecule has 0 saturated carbocycles. The van der Waals surface area contributed by atoms with Crippen LogP contribution in [0.3, 0.4) is 0 Å². The smallest absolute Gasteiger partial charge is 0.302 e. The highest BCUT2D eigenvalue weighted by Gasteiger charge is 2.58. The van der Waals surface area contributed by atoms with Crippen LogP contribution in [0.15, 0.2) is 0 Å². The Morgan fingerprint density at radius 1 is 1.00 bits per heavy atom. The summed E-state index contributed by atoms with van der Waals surface area (Å²) in [6, 6.07) is 0. The van der Waals surface area contributed by atoms with E-state index in [0.717, 1.165) is 6.92 Å². The normalized spacial score (nSPS) is 46.3. The summed E-state index contributed by atoms with van der Waals surface area (Å²) in [7, 11) is 0. The molecule has 0 aliphatic carbocycles. The van der Waals surface area contributed by atoms with E-state index in [0.29, 0.717) is 0 Å². The van der Waals surface area contributed by atoms with E-state index in [4.69, 9.17) is 24.1 Å². The third-order valence-electron chi connectivity index (χ3n) is 4.34. The van der Waals surface area contributed by atoms with Crippen LogP contribution in [-0.2, 0) is 23.7 Å². The molecule has 2 heterocycles. The van der Waals surface area contributed by atoms with Crippen molar-refractivity contribution in [3.05, 3.63) is 0 Å². The first kappa shape index (κ1) is 21.4. The van der Waals surface area contributed by atoms with E-state index in [1.165, 1.54) is 0 Å². The molecule has 7 N–H and O–H groups in total. The Morgan fingerprint density at radius 3 is 2.15 bits per heavy atom. The molecular weight excluding hydrogens is 360 g/mol. The number of aliphatic hydroxyl groups is 7. The Hall–Kier alpha value is -0.930. The van der Waals surface area contributed by atoms with Gasteiger partial charge in [0.05, 0.1) is 6.61 Å². The first-order valence-electron chi connectivity index (χ1n) is 7.93. The molecule has 2 saturated heterocycles. The van der Waals surface area contributed by atoms with E-state index in [1.807, 2.05) is 0 Å². The number of rotatable bonds is 6. The molecule has 0 aromatic heterocycles. The lowest BCUT2D eigenvalue weighted by Crippen LogP contribution is -2.62. The molecule has 0 aromatic rings. The first-order chi connectivity index (χ1) is 12.2. The number of hydrogen-bond donors (Lipinski definition) is 7. The maximum Gasteiger partial charge on any atom is 0.302 e. The summed E-state index contributed by atoms with van der Waals surface area (Å²) < 4.78 is 20.4. The molecule has 12 heteroatoms. The van der Waals surface area contributed by atoms with E-state index in [-0.39, 0.29) is 0 Å². The standard InChI is InChI=1S/C14H24O12/c1-5(17)23-3-7-8(18)10(20)11(21)13(24-7)26-14(4-16)12(22)9(19)6(2-15)25-14/h6-13,15-16,18-22H,2-4H2,1H3/t6-,7-,8-,9-,10+,11-,12+,13-,14+/m1/s1. The predicted octanol–water partition coefficient (Wildman–Crippen LogP) is -4.82. The van der Waals surface area contributed by atoms with Crippen molar-refractivity contribution in [2.45, 2.75) is 61.7 Å². The predicted molar refractivity (Wildman–Crippen MR) is 78.2 cm³/mol. The van der Waals surface area contributed by atoms with Crippen molar-refractivity contribution in [2.24, 2.45) is 0 Å². The fourth-order valence-corrected chi connectivity index (χ4v) is 2.82. The van der Waals surface area contributed by atoms with Crippen molar-refractivity contribution in [3.8, 4) is 0 Å². The van der Waals surface area contributed by atoms with Gasteiger partial charge in [-0.2, -0.15) is 0 Å². The summed E-state index contributed by atoms with van der Waals surface area (Å²) >= 11 is 0. The fourth-order valence-electron chi connectivity index (χ4n) is 2.82. The summed E-state index contributed by atoms with van der Waals surface area (Å²) in [5.74, 6) is -2.93. The molecule has 0 unspecified atom stereocenters. The van der Waals surface area contributed by atoms with Gasteiger partial charge in [0.15, 0.2) is 6.29 Å². The molecule has 152 valence electrons. The van der Waals surface area contributed by atoms with E-state index in [9.17, 15) is 35.4 Å².